The van der Waals surface area contributed by atoms with Gasteiger partial charge in [-0.2, -0.15) is 13.2 Å². The smallest absolute Gasteiger partial charge is 0.355 e. The first-order chi connectivity index (χ1) is 17.2. The third kappa shape index (κ3) is 3.95. The molecule has 2 aliphatic rings. The second kappa shape index (κ2) is 8.37. The quantitative estimate of drug-likeness (QED) is 0.346. The Balaban J connectivity index is 1.22. The minimum Gasteiger partial charge on any atom is -0.355 e. The fourth-order valence-corrected chi connectivity index (χ4v) is 6.36. The third-order valence-electron chi connectivity index (χ3n) is 8.09. The van der Waals surface area contributed by atoms with Gasteiger partial charge in [0.15, 0.2) is 0 Å². The molecule has 4 nitrogen and oxygen atoms in total. The fraction of sp³-hybridized carbons (Fsp3) is 0.345. The van der Waals surface area contributed by atoms with Crippen molar-refractivity contribution >= 4 is 27.7 Å². The van der Waals surface area contributed by atoms with Crippen LogP contribution in [-0.2, 0) is 22.9 Å². The van der Waals surface area contributed by atoms with Gasteiger partial charge in [-0.05, 0) is 79.4 Å². The molecule has 3 aromatic carbocycles. The van der Waals surface area contributed by atoms with Gasteiger partial charge in [0.05, 0.1) is 11.6 Å². The Bertz CT molecular complexity index is 1460. The Kier molecular flexibility index (Phi) is 5.37. The summed E-state index contributed by atoms with van der Waals surface area (Å²) in [5, 5.41) is 4.56. The van der Waals surface area contributed by atoms with E-state index in [4.69, 9.17) is 0 Å². The van der Waals surface area contributed by atoms with Crippen LogP contribution in [0.25, 0.3) is 21.8 Å². The molecule has 186 valence electrons. The molecular weight excluding hydrogens is 463 g/mol. The Morgan fingerprint density at radius 2 is 1.72 bits per heavy atom. The maximum atomic E-state index is 13.3. The summed E-state index contributed by atoms with van der Waals surface area (Å²) in [7, 11) is 0. The number of fused-ring (bicyclic) bond motifs is 5. The van der Waals surface area contributed by atoms with Gasteiger partial charge in [0.25, 0.3) is 0 Å². The minimum atomic E-state index is -4.36. The highest BCUT2D eigenvalue weighted by atomic mass is 19.4. The number of halogens is 3. The van der Waals surface area contributed by atoms with Crippen LogP contribution in [-0.4, -0.2) is 28.9 Å². The summed E-state index contributed by atoms with van der Waals surface area (Å²) in [4.78, 5) is 17.4. The van der Waals surface area contributed by atoms with E-state index in [1.807, 2.05) is 18.2 Å². The molecular formula is C29H28F3N3O. The summed E-state index contributed by atoms with van der Waals surface area (Å²) < 4.78 is 39.8. The lowest BCUT2D eigenvalue weighted by molar-refractivity contribution is -0.137. The van der Waals surface area contributed by atoms with Crippen LogP contribution in [0.5, 0.6) is 0 Å². The average Bonchev–Trinajstić information content (AvgIpc) is 3.35. The zero-order valence-corrected chi connectivity index (χ0v) is 20.1. The number of rotatable bonds is 3. The highest BCUT2D eigenvalue weighted by Gasteiger charge is 2.45. The van der Waals surface area contributed by atoms with Gasteiger partial charge in [-0.1, -0.05) is 30.3 Å². The highest BCUT2D eigenvalue weighted by molar-refractivity contribution is 6.07. The molecule has 1 fully saturated rings. The number of hydrogen-bond donors (Lipinski definition) is 2. The molecule has 1 saturated heterocycles. The van der Waals surface area contributed by atoms with Crippen molar-refractivity contribution in [2.24, 2.45) is 0 Å². The van der Waals surface area contributed by atoms with Crippen molar-refractivity contribution in [3.05, 3.63) is 82.9 Å². The van der Waals surface area contributed by atoms with Crippen molar-refractivity contribution in [3.8, 4) is 0 Å². The SMILES string of the molecule is CC(=O)N[C@@H]1CC2(CCN(Cc3ccc4[nH]c5ccc(C(F)(F)F)cc5c4c3)CC2)c2ccccc21. The number of H-pyrrole nitrogens is 1. The number of aromatic amines is 1. The van der Waals surface area contributed by atoms with Gasteiger partial charge in [0.2, 0.25) is 5.91 Å². The molecule has 0 bridgehead atoms. The number of hydrogen-bond acceptors (Lipinski definition) is 2. The first-order valence-corrected chi connectivity index (χ1v) is 12.4. The molecule has 1 aromatic heterocycles. The van der Waals surface area contributed by atoms with E-state index in [9.17, 15) is 18.0 Å². The first kappa shape index (κ1) is 23.1. The highest BCUT2D eigenvalue weighted by Crippen LogP contribution is 2.50. The van der Waals surface area contributed by atoms with Crippen LogP contribution in [0.15, 0.2) is 60.7 Å². The van der Waals surface area contributed by atoms with E-state index in [-0.39, 0.29) is 17.4 Å². The molecule has 0 radical (unpaired) electrons. The number of alkyl halides is 3. The maximum Gasteiger partial charge on any atom is 0.416 e. The molecule has 2 heterocycles. The van der Waals surface area contributed by atoms with E-state index in [0.717, 1.165) is 61.4 Å². The number of carbonyl (C=O) groups excluding carboxylic acids is 1. The largest absolute Gasteiger partial charge is 0.416 e. The topological polar surface area (TPSA) is 48.1 Å². The Morgan fingerprint density at radius 1 is 1.03 bits per heavy atom. The minimum absolute atomic E-state index is 0.000633. The summed E-state index contributed by atoms with van der Waals surface area (Å²) in [5.74, 6) is -0.000633. The Labute approximate surface area is 207 Å². The molecule has 7 heteroatoms. The maximum absolute atomic E-state index is 13.3. The number of amides is 1. The van der Waals surface area contributed by atoms with Crippen molar-refractivity contribution in [3.63, 3.8) is 0 Å². The van der Waals surface area contributed by atoms with Crippen molar-refractivity contribution in [2.45, 2.75) is 50.4 Å². The lowest BCUT2D eigenvalue weighted by atomic mass is 9.73. The number of likely N-dealkylation sites (tertiary alicyclic amines) is 1. The molecule has 0 saturated carbocycles. The fourth-order valence-electron chi connectivity index (χ4n) is 6.36. The van der Waals surface area contributed by atoms with Gasteiger partial charge in [-0.15, -0.1) is 0 Å². The van der Waals surface area contributed by atoms with Crippen LogP contribution in [0.3, 0.4) is 0 Å². The van der Waals surface area contributed by atoms with E-state index in [1.54, 1.807) is 6.92 Å². The van der Waals surface area contributed by atoms with Crippen molar-refractivity contribution in [1.82, 2.24) is 15.2 Å². The number of nitrogens with one attached hydrogen (secondary N) is 2. The first-order valence-electron chi connectivity index (χ1n) is 12.4. The molecule has 36 heavy (non-hydrogen) atoms. The molecule has 1 atom stereocenters. The van der Waals surface area contributed by atoms with Crippen LogP contribution < -0.4 is 5.32 Å². The van der Waals surface area contributed by atoms with Crippen LogP contribution in [0.4, 0.5) is 13.2 Å². The lowest BCUT2D eigenvalue weighted by Crippen LogP contribution is -2.41. The molecule has 1 spiro atoms. The van der Waals surface area contributed by atoms with Crippen LogP contribution in [0.2, 0.25) is 0 Å². The summed E-state index contributed by atoms with van der Waals surface area (Å²) in [6.07, 6.45) is -1.39. The van der Waals surface area contributed by atoms with Crippen LogP contribution in [0.1, 0.15) is 54.5 Å². The van der Waals surface area contributed by atoms with E-state index >= 15 is 0 Å². The third-order valence-corrected chi connectivity index (χ3v) is 8.09. The zero-order chi connectivity index (χ0) is 25.1. The Morgan fingerprint density at radius 3 is 2.44 bits per heavy atom. The molecule has 4 aromatic rings. The van der Waals surface area contributed by atoms with Crippen molar-refractivity contribution in [2.75, 3.05) is 13.1 Å². The lowest BCUT2D eigenvalue weighted by Gasteiger charge is -2.40. The monoisotopic (exact) mass is 491 g/mol. The van der Waals surface area contributed by atoms with E-state index < -0.39 is 11.7 Å². The van der Waals surface area contributed by atoms with Gasteiger partial charge in [-0.3, -0.25) is 9.69 Å². The molecule has 6 rings (SSSR count). The van der Waals surface area contributed by atoms with Gasteiger partial charge in [0, 0.05) is 40.7 Å². The number of carbonyl (C=O) groups is 1. The second-order valence-corrected chi connectivity index (χ2v) is 10.4. The summed E-state index contributed by atoms with van der Waals surface area (Å²) in [6, 6.07) is 18.5. The number of piperidine rings is 1. The van der Waals surface area contributed by atoms with Gasteiger partial charge in [0.1, 0.15) is 0 Å². The van der Waals surface area contributed by atoms with Crippen molar-refractivity contribution in [1.29, 1.82) is 0 Å². The zero-order valence-electron chi connectivity index (χ0n) is 20.1. The second-order valence-electron chi connectivity index (χ2n) is 10.4. The molecule has 2 N–H and O–H groups in total. The molecule has 1 aliphatic heterocycles. The standard InChI is InChI=1S/C29H28F3N3O/c1-18(36)33-27-16-28(24-5-3-2-4-21(24)27)10-12-35(13-11-28)17-19-6-8-25-22(14-19)23-15-20(29(30,31)32)7-9-26(23)34-25/h2-9,14-15,27,34H,10-13,16-17H2,1H3,(H,33,36)/t27-/m1/s1. The van der Waals surface area contributed by atoms with Gasteiger partial charge in [-0.25, -0.2) is 0 Å². The summed E-state index contributed by atoms with van der Waals surface area (Å²) in [5.41, 5.74) is 4.71. The average molecular weight is 492 g/mol. The predicted molar refractivity (Wildman–Crippen MR) is 135 cm³/mol. The summed E-state index contributed by atoms with van der Waals surface area (Å²) >= 11 is 0. The number of nitrogens with zero attached hydrogens (tertiary/aromatic N) is 1. The van der Waals surface area contributed by atoms with Crippen LogP contribution >= 0.6 is 0 Å². The number of aromatic nitrogens is 1. The van der Waals surface area contributed by atoms with Gasteiger partial charge < -0.3 is 10.3 Å². The Hall–Kier alpha value is -3.32. The molecule has 1 amide bonds. The predicted octanol–water partition coefficient (Wildman–Crippen LogP) is 6.45. The normalized spacial score (nSPS) is 19.7. The molecule has 0 unspecified atom stereocenters. The van der Waals surface area contributed by atoms with Crippen molar-refractivity contribution < 1.29 is 18.0 Å². The number of benzene rings is 3. The van der Waals surface area contributed by atoms with E-state index in [1.165, 1.54) is 23.3 Å². The van der Waals surface area contributed by atoms with Crippen LogP contribution in [0, 0.1) is 0 Å². The van der Waals surface area contributed by atoms with Gasteiger partial charge >= 0.3 is 6.18 Å². The molecule has 1 aliphatic carbocycles. The summed E-state index contributed by atoms with van der Waals surface area (Å²) in [6.45, 7) is 4.20. The van der Waals surface area contributed by atoms with E-state index in [0.29, 0.717) is 10.9 Å². The van der Waals surface area contributed by atoms with E-state index in [2.05, 4.69) is 39.5 Å².